The van der Waals surface area contributed by atoms with Crippen LogP contribution in [0.25, 0.3) is 10.8 Å². The first-order valence-electron chi connectivity index (χ1n) is 10.4. The van der Waals surface area contributed by atoms with E-state index in [2.05, 4.69) is 15.5 Å². The number of nitrogens with one attached hydrogen (secondary N) is 2. The molecule has 2 amide bonds. The maximum atomic E-state index is 12.8. The fraction of sp³-hybridized carbons (Fsp3) is 0.208. The summed E-state index contributed by atoms with van der Waals surface area (Å²) in [7, 11) is 0. The summed E-state index contributed by atoms with van der Waals surface area (Å²) in [4.78, 5) is 28.3. The van der Waals surface area contributed by atoms with Crippen LogP contribution in [-0.2, 0) is 4.79 Å². The average Bonchev–Trinajstić information content (AvgIpc) is 2.79. The van der Waals surface area contributed by atoms with E-state index in [4.69, 9.17) is 35.4 Å². The molecule has 2 N–H and O–H groups in total. The molecule has 0 radical (unpaired) electrons. The van der Waals surface area contributed by atoms with Crippen LogP contribution in [0.2, 0.25) is 10.0 Å². The van der Waals surface area contributed by atoms with Crippen molar-refractivity contribution in [1.82, 2.24) is 10.2 Å². The zero-order chi connectivity index (χ0) is 23.5. The molecule has 0 aromatic heterocycles. The van der Waals surface area contributed by atoms with E-state index in [0.29, 0.717) is 34.4 Å². The topological polar surface area (TPSA) is 64.7 Å². The van der Waals surface area contributed by atoms with Gasteiger partial charge in [0.25, 0.3) is 5.91 Å². The Bertz CT molecular complexity index is 1240. The minimum atomic E-state index is -0.327. The first-order valence-corrected chi connectivity index (χ1v) is 11.6. The van der Waals surface area contributed by atoms with Crippen molar-refractivity contribution in [3.05, 3.63) is 70.2 Å². The van der Waals surface area contributed by atoms with Crippen LogP contribution in [0.5, 0.6) is 0 Å². The first-order chi connectivity index (χ1) is 15.8. The molecule has 4 rings (SSSR count). The number of carbonyl (C=O) groups excluding carboxylic acids is 2. The number of rotatable bonds is 3. The van der Waals surface area contributed by atoms with Crippen molar-refractivity contribution in [2.45, 2.75) is 6.92 Å². The number of thiocarbonyl (C=S) groups is 1. The Hall–Kier alpha value is -2.87. The molecule has 1 aliphatic rings. The molecular formula is C24H22Cl2N4O2S. The minimum absolute atomic E-state index is 0.0856. The molecule has 0 unspecified atom stereocenters. The normalized spacial score (nSPS) is 13.7. The van der Waals surface area contributed by atoms with Crippen LogP contribution in [0.4, 0.5) is 11.4 Å². The molecule has 0 aliphatic carbocycles. The van der Waals surface area contributed by atoms with Crippen LogP contribution in [0.3, 0.4) is 0 Å². The molecular weight excluding hydrogens is 479 g/mol. The van der Waals surface area contributed by atoms with Gasteiger partial charge in [-0.15, -0.1) is 0 Å². The van der Waals surface area contributed by atoms with E-state index in [1.807, 2.05) is 35.2 Å². The van der Waals surface area contributed by atoms with E-state index in [9.17, 15) is 9.59 Å². The lowest BCUT2D eigenvalue weighted by Gasteiger charge is -2.36. The molecule has 3 aromatic carbocycles. The zero-order valence-electron chi connectivity index (χ0n) is 17.9. The summed E-state index contributed by atoms with van der Waals surface area (Å²) in [6.45, 7) is 4.35. The highest BCUT2D eigenvalue weighted by Crippen LogP contribution is 2.30. The quantitative estimate of drug-likeness (QED) is 0.498. The highest BCUT2D eigenvalue weighted by molar-refractivity contribution is 7.80. The van der Waals surface area contributed by atoms with E-state index in [1.165, 1.54) is 0 Å². The molecule has 0 bridgehead atoms. The lowest BCUT2D eigenvalue weighted by atomic mass is 10.0. The number of anilines is 2. The fourth-order valence-electron chi connectivity index (χ4n) is 3.91. The molecule has 3 aromatic rings. The molecule has 1 heterocycles. The minimum Gasteiger partial charge on any atom is -0.367 e. The van der Waals surface area contributed by atoms with Crippen molar-refractivity contribution in [1.29, 1.82) is 0 Å². The Morgan fingerprint density at radius 2 is 1.61 bits per heavy atom. The van der Waals surface area contributed by atoms with Gasteiger partial charge in [0.15, 0.2) is 5.11 Å². The zero-order valence-corrected chi connectivity index (χ0v) is 20.2. The maximum Gasteiger partial charge on any atom is 0.258 e. The van der Waals surface area contributed by atoms with Crippen LogP contribution in [0.15, 0.2) is 54.6 Å². The number of fused-ring (bicyclic) bond motifs is 1. The highest BCUT2D eigenvalue weighted by atomic mass is 35.5. The molecule has 1 aliphatic heterocycles. The molecule has 33 heavy (non-hydrogen) atoms. The Kier molecular flexibility index (Phi) is 7.02. The highest BCUT2D eigenvalue weighted by Gasteiger charge is 2.20. The van der Waals surface area contributed by atoms with Crippen molar-refractivity contribution < 1.29 is 9.59 Å². The number of piperazine rings is 1. The summed E-state index contributed by atoms with van der Waals surface area (Å²) in [5.41, 5.74) is 2.04. The summed E-state index contributed by atoms with van der Waals surface area (Å²) in [6, 6.07) is 16.4. The van der Waals surface area contributed by atoms with Crippen molar-refractivity contribution in [3.8, 4) is 0 Å². The van der Waals surface area contributed by atoms with E-state index in [-0.39, 0.29) is 16.9 Å². The number of benzene rings is 3. The smallest absolute Gasteiger partial charge is 0.258 e. The lowest BCUT2D eigenvalue weighted by molar-refractivity contribution is -0.129. The van der Waals surface area contributed by atoms with Gasteiger partial charge in [0.1, 0.15) is 0 Å². The van der Waals surface area contributed by atoms with E-state index in [0.717, 1.165) is 29.5 Å². The summed E-state index contributed by atoms with van der Waals surface area (Å²) in [5.74, 6) is -0.242. The molecule has 0 saturated carbocycles. The number of nitrogens with zero attached hydrogens (tertiary/aromatic N) is 2. The average molecular weight is 501 g/mol. The fourth-order valence-corrected chi connectivity index (χ4v) is 4.65. The molecule has 170 valence electrons. The van der Waals surface area contributed by atoms with Crippen LogP contribution in [-0.4, -0.2) is 48.0 Å². The van der Waals surface area contributed by atoms with Gasteiger partial charge in [-0.2, -0.15) is 0 Å². The van der Waals surface area contributed by atoms with Gasteiger partial charge in [-0.3, -0.25) is 14.9 Å². The van der Waals surface area contributed by atoms with Gasteiger partial charge in [0.2, 0.25) is 5.91 Å². The lowest BCUT2D eigenvalue weighted by Crippen LogP contribution is -2.48. The molecule has 0 atom stereocenters. The van der Waals surface area contributed by atoms with Crippen molar-refractivity contribution >= 4 is 74.5 Å². The second-order valence-corrected chi connectivity index (χ2v) is 8.93. The Morgan fingerprint density at radius 1 is 0.909 bits per heavy atom. The van der Waals surface area contributed by atoms with E-state index < -0.39 is 0 Å². The third-order valence-corrected chi connectivity index (χ3v) is 6.45. The summed E-state index contributed by atoms with van der Waals surface area (Å²) in [5, 5.41) is 8.60. The number of carbonyl (C=O) groups is 2. The second kappa shape index (κ2) is 9.95. The van der Waals surface area contributed by atoms with Gasteiger partial charge in [-0.25, -0.2) is 0 Å². The largest absolute Gasteiger partial charge is 0.367 e. The molecule has 9 heteroatoms. The van der Waals surface area contributed by atoms with Gasteiger partial charge in [-0.1, -0.05) is 47.5 Å². The number of halogens is 2. The van der Waals surface area contributed by atoms with Crippen molar-refractivity contribution in [2.24, 2.45) is 0 Å². The predicted octanol–water partition coefficient (Wildman–Crippen LogP) is 4.94. The number of amides is 2. The Labute approximate surface area is 207 Å². The molecule has 0 spiro atoms. The number of hydrogen-bond acceptors (Lipinski definition) is 4. The van der Waals surface area contributed by atoms with Gasteiger partial charge < -0.3 is 15.1 Å². The predicted molar refractivity (Wildman–Crippen MR) is 139 cm³/mol. The van der Waals surface area contributed by atoms with Crippen molar-refractivity contribution in [2.75, 3.05) is 36.4 Å². The summed E-state index contributed by atoms with van der Waals surface area (Å²) >= 11 is 18.1. The number of hydrogen-bond donors (Lipinski definition) is 2. The standard InChI is InChI=1S/C24H22Cl2N4O2S/c1-15(31)29-10-12-30(13-11-29)22-9-8-16(14-21(22)26)27-24(33)28-23(32)19-6-2-5-18-17(19)4-3-7-20(18)25/h2-9,14H,10-13H2,1H3,(H2,27,28,32,33). The SMILES string of the molecule is CC(=O)N1CCN(c2ccc(NC(=S)NC(=O)c3cccc4c(Cl)cccc34)cc2Cl)CC1. The Balaban J connectivity index is 1.41. The third kappa shape index (κ3) is 5.21. The van der Waals surface area contributed by atoms with E-state index >= 15 is 0 Å². The Morgan fingerprint density at radius 3 is 2.30 bits per heavy atom. The molecule has 1 fully saturated rings. The van der Waals surface area contributed by atoms with Gasteiger partial charge in [0.05, 0.1) is 10.7 Å². The van der Waals surface area contributed by atoms with Crippen LogP contribution < -0.4 is 15.5 Å². The van der Waals surface area contributed by atoms with Gasteiger partial charge in [-0.05, 0) is 47.9 Å². The van der Waals surface area contributed by atoms with Gasteiger partial charge >= 0.3 is 0 Å². The van der Waals surface area contributed by atoms with E-state index in [1.54, 1.807) is 31.2 Å². The molecule has 1 saturated heterocycles. The first kappa shape index (κ1) is 23.3. The van der Waals surface area contributed by atoms with Gasteiger partial charge in [0, 0.05) is 54.8 Å². The van der Waals surface area contributed by atoms with Crippen LogP contribution in [0, 0.1) is 0 Å². The second-order valence-electron chi connectivity index (χ2n) is 7.71. The van der Waals surface area contributed by atoms with Crippen LogP contribution >= 0.6 is 35.4 Å². The maximum absolute atomic E-state index is 12.8. The van der Waals surface area contributed by atoms with Crippen LogP contribution in [0.1, 0.15) is 17.3 Å². The third-order valence-electron chi connectivity index (χ3n) is 5.61. The summed E-state index contributed by atoms with van der Waals surface area (Å²) < 4.78 is 0. The van der Waals surface area contributed by atoms with Crippen molar-refractivity contribution in [3.63, 3.8) is 0 Å². The molecule has 6 nitrogen and oxygen atoms in total. The summed E-state index contributed by atoms with van der Waals surface area (Å²) in [6.07, 6.45) is 0. The monoisotopic (exact) mass is 500 g/mol.